The zero-order valence-corrected chi connectivity index (χ0v) is 7.54. The van der Waals surface area contributed by atoms with Crippen molar-refractivity contribution in [1.29, 1.82) is 0 Å². The molecule has 0 aliphatic heterocycles. The van der Waals surface area contributed by atoms with Crippen molar-refractivity contribution >= 4 is 23.2 Å². The van der Waals surface area contributed by atoms with Gasteiger partial charge in [0.25, 0.3) is 0 Å². The minimum Gasteiger partial charge on any atom is -0.203 e. The summed E-state index contributed by atoms with van der Waals surface area (Å²) in [6, 6.07) is 0. The molecule has 1 rings (SSSR count). The van der Waals surface area contributed by atoms with Crippen LogP contribution in [0, 0.1) is 0 Å². The van der Waals surface area contributed by atoms with Crippen molar-refractivity contribution in [2.45, 2.75) is 11.8 Å². The number of rotatable bonds is 0. The van der Waals surface area contributed by atoms with Crippen LogP contribution in [0.4, 0.5) is 26.3 Å². The molecule has 0 aromatic heterocycles. The molecule has 80 valence electrons. The van der Waals surface area contributed by atoms with E-state index >= 15 is 0 Å². The minimum absolute atomic E-state index is 2.10. The molecule has 0 bridgehead atoms. The lowest BCUT2D eigenvalue weighted by atomic mass is 10.1. The molecule has 0 radical (unpaired) electrons. The lowest BCUT2D eigenvalue weighted by Crippen LogP contribution is -2.33. The Morgan fingerprint density at radius 3 is 1.29 bits per heavy atom. The van der Waals surface area contributed by atoms with Crippen molar-refractivity contribution in [2.75, 3.05) is 0 Å². The van der Waals surface area contributed by atoms with Gasteiger partial charge in [-0.25, -0.2) is 8.78 Å². The van der Waals surface area contributed by atoms with Crippen molar-refractivity contribution < 1.29 is 26.3 Å². The number of hydrogen-bond donors (Lipinski definition) is 0. The van der Waals surface area contributed by atoms with Gasteiger partial charge < -0.3 is 0 Å². The fourth-order valence-electron chi connectivity index (χ4n) is 0.744. The molecular formula is C6Cl2F6. The van der Waals surface area contributed by atoms with E-state index in [1.54, 1.807) is 0 Å². The highest BCUT2D eigenvalue weighted by Crippen LogP contribution is 2.52. The highest BCUT2D eigenvalue weighted by Gasteiger charge is 2.58. The van der Waals surface area contributed by atoms with E-state index in [9.17, 15) is 26.3 Å². The summed E-state index contributed by atoms with van der Waals surface area (Å²) in [5.74, 6) is -14.7. The van der Waals surface area contributed by atoms with Gasteiger partial charge in [-0.15, -0.1) is 0 Å². The molecule has 0 unspecified atom stereocenters. The molecule has 1 aliphatic carbocycles. The first-order valence-corrected chi connectivity index (χ1v) is 3.77. The van der Waals surface area contributed by atoms with Crippen molar-refractivity contribution in [2.24, 2.45) is 0 Å². The molecular weight excluding hydrogens is 257 g/mol. The van der Waals surface area contributed by atoms with E-state index in [1.807, 2.05) is 0 Å². The lowest BCUT2D eigenvalue weighted by molar-refractivity contribution is 0.00353. The van der Waals surface area contributed by atoms with E-state index in [4.69, 9.17) is 0 Å². The molecule has 0 fully saturated rings. The van der Waals surface area contributed by atoms with Gasteiger partial charge in [0.2, 0.25) is 0 Å². The van der Waals surface area contributed by atoms with E-state index in [0.29, 0.717) is 0 Å². The Morgan fingerprint density at radius 1 is 0.714 bits per heavy atom. The molecule has 1 aliphatic rings. The third-order valence-corrected chi connectivity index (χ3v) is 2.29. The van der Waals surface area contributed by atoms with E-state index < -0.39 is 33.6 Å². The van der Waals surface area contributed by atoms with Gasteiger partial charge in [-0.05, 0) is 0 Å². The lowest BCUT2D eigenvalue weighted by Gasteiger charge is -2.25. The number of alkyl halides is 4. The Hall–Kier alpha value is -0.360. The summed E-state index contributed by atoms with van der Waals surface area (Å²) in [6.45, 7) is 0. The van der Waals surface area contributed by atoms with Gasteiger partial charge in [-0.1, -0.05) is 23.2 Å². The molecule has 0 aromatic carbocycles. The summed E-state index contributed by atoms with van der Waals surface area (Å²) in [7, 11) is 0. The van der Waals surface area contributed by atoms with Crippen molar-refractivity contribution in [3.8, 4) is 0 Å². The van der Waals surface area contributed by atoms with Gasteiger partial charge in [0, 0.05) is 0 Å². The topological polar surface area (TPSA) is 0 Å². The third-order valence-electron chi connectivity index (χ3n) is 1.49. The van der Waals surface area contributed by atoms with E-state index in [-0.39, 0.29) is 0 Å². The highest BCUT2D eigenvalue weighted by atomic mass is 35.5. The van der Waals surface area contributed by atoms with Crippen molar-refractivity contribution in [3.05, 3.63) is 21.7 Å². The van der Waals surface area contributed by atoms with Crippen LogP contribution in [0.5, 0.6) is 0 Å². The van der Waals surface area contributed by atoms with Gasteiger partial charge in [-0.2, -0.15) is 17.6 Å². The second-order valence-corrected chi connectivity index (χ2v) is 3.16. The first-order chi connectivity index (χ1) is 6.13. The van der Waals surface area contributed by atoms with Crippen LogP contribution >= 0.6 is 23.2 Å². The molecule has 0 heterocycles. The Bertz CT molecular complexity index is 280. The van der Waals surface area contributed by atoms with Gasteiger partial charge in [-0.3, -0.25) is 0 Å². The summed E-state index contributed by atoms with van der Waals surface area (Å²) < 4.78 is 75.1. The zero-order valence-electron chi connectivity index (χ0n) is 6.02. The molecule has 0 saturated heterocycles. The molecule has 8 heteroatoms. The predicted octanol–water partition coefficient (Wildman–Crippen LogP) is 4.11. The van der Waals surface area contributed by atoms with Crippen LogP contribution < -0.4 is 0 Å². The second kappa shape index (κ2) is 3.06. The average Bonchev–Trinajstić information content (AvgIpc) is 2.11. The quantitative estimate of drug-likeness (QED) is 0.573. The SMILES string of the molecule is FC1=C(Cl)C(F)(F)C(Cl)=C(F)C1(F)F. The number of halogens is 8. The Labute approximate surface area is 83.8 Å². The van der Waals surface area contributed by atoms with Crippen LogP contribution in [-0.2, 0) is 0 Å². The van der Waals surface area contributed by atoms with E-state index in [1.165, 1.54) is 0 Å². The molecule has 0 aromatic rings. The first kappa shape index (κ1) is 11.7. The van der Waals surface area contributed by atoms with Gasteiger partial charge >= 0.3 is 11.8 Å². The minimum atomic E-state index is -4.82. The summed E-state index contributed by atoms with van der Waals surface area (Å²) in [5, 5.41) is -4.21. The van der Waals surface area contributed by atoms with E-state index in [2.05, 4.69) is 23.2 Å². The molecule has 0 spiro atoms. The third kappa shape index (κ3) is 1.32. The Balaban J connectivity index is 3.46. The summed E-state index contributed by atoms with van der Waals surface area (Å²) >= 11 is 9.19. The maximum Gasteiger partial charge on any atom is 0.352 e. The zero-order chi connectivity index (χ0) is 11.3. The molecule has 14 heavy (non-hydrogen) atoms. The van der Waals surface area contributed by atoms with Crippen molar-refractivity contribution in [3.63, 3.8) is 0 Å². The van der Waals surface area contributed by atoms with Crippen LogP contribution in [0.2, 0.25) is 0 Å². The van der Waals surface area contributed by atoms with Crippen molar-refractivity contribution in [1.82, 2.24) is 0 Å². The standard InChI is InChI=1S/C6Cl2F6/c7-1-3(9)6(13,14)4(10)2(8)5(1,11)12. The van der Waals surface area contributed by atoms with Gasteiger partial charge in [0.15, 0.2) is 11.7 Å². The fourth-order valence-corrected chi connectivity index (χ4v) is 1.22. The second-order valence-electron chi connectivity index (χ2n) is 2.40. The van der Waals surface area contributed by atoms with Gasteiger partial charge in [0.05, 0.1) is 0 Å². The van der Waals surface area contributed by atoms with E-state index in [0.717, 1.165) is 0 Å². The number of hydrogen-bond acceptors (Lipinski definition) is 0. The smallest absolute Gasteiger partial charge is 0.203 e. The normalized spacial score (nSPS) is 25.7. The van der Waals surface area contributed by atoms with Crippen LogP contribution in [-0.4, -0.2) is 11.8 Å². The Kier molecular flexibility index (Phi) is 2.56. The average molecular weight is 257 g/mol. The maximum atomic E-state index is 12.6. The maximum absolute atomic E-state index is 12.6. The summed E-state index contributed by atoms with van der Waals surface area (Å²) in [6.07, 6.45) is 0. The highest BCUT2D eigenvalue weighted by molar-refractivity contribution is 6.36. The molecule has 0 amide bonds. The van der Waals surface area contributed by atoms with Crippen LogP contribution in [0.15, 0.2) is 21.7 Å². The monoisotopic (exact) mass is 256 g/mol. The first-order valence-electron chi connectivity index (χ1n) is 3.01. The Morgan fingerprint density at radius 2 is 1.00 bits per heavy atom. The van der Waals surface area contributed by atoms with Crippen LogP contribution in [0.1, 0.15) is 0 Å². The molecule has 0 nitrogen and oxygen atoms in total. The predicted molar refractivity (Wildman–Crippen MR) is 37.9 cm³/mol. The largest absolute Gasteiger partial charge is 0.352 e. The molecule has 0 N–H and O–H groups in total. The van der Waals surface area contributed by atoms with Crippen LogP contribution in [0.25, 0.3) is 0 Å². The van der Waals surface area contributed by atoms with Gasteiger partial charge in [0.1, 0.15) is 10.1 Å². The molecule has 0 atom stereocenters. The molecule has 0 saturated carbocycles. The summed E-state index contributed by atoms with van der Waals surface area (Å²) in [4.78, 5) is 0. The number of allylic oxidation sites excluding steroid dienone is 4. The summed E-state index contributed by atoms with van der Waals surface area (Å²) in [5.41, 5.74) is 0. The fraction of sp³-hybridized carbons (Fsp3) is 0.333. The van der Waals surface area contributed by atoms with Crippen LogP contribution in [0.3, 0.4) is 0 Å².